The Morgan fingerprint density at radius 2 is 2.00 bits per heavy atom. The van der Waals surface area contributed by atoms with Gasteiger partial charge in [0.05, 0.1) is 21.8 Å². The Bertz CT molecular complexity index is 446. The molecule has 1 aromatic rings. The van der Waals surface area contributed by atoms with Gasteiger partial charge in [-0.25, -0.2) is 0 Å². The molecule has 0 saturated carbocycles. The van der Waals surface area contributed by atoms with E-state index in [4.69, 9.17) is 22.6 Å². The fourth-order valence-electron chi connectivity index (χ4n) is 1.11. The number of nitriles is 1. The fraction of sp³-hybridized carbons (Fsp3) is 0.222. The molecule has 0 saturated heterocycles. The molecule has 2 N–H and O–H groups in total. The molecule has 80 valence electrons. The van der Waals surface area contributed by atoms with Crippen molar-refractivity contribution in [2.45, 2.75) is 13.1 Å². The first-order valence-corrected chi connectivity index (χ1v) is 4.22. The number of hydrogen-bond donors (Lipinski definition) is 1. The highest BCUT2D eigenvalue weighted by Crippen LogP contribution is 2.39. The smallest absolute Gasteiger partial charge is 0.397 e. The highest BCUT2D eigenvalue weighted by atomic mass is 35.5. The lowest BCUT2D eigenvalue weighted by molar-refractivity contribution is -0.137. The molecule has 0 bridgehead atoms. The summed E-state index contributed by atoms with van der Waals surface area (Å²) in [5.41, 5.74) is 4.23. The second kappa shape index (κ2) is 3.63. The third kappa shape index (κ3) is 2.00. The van der Waals surface area contributed by atoms with E-state index in [2.05, 4.69) is 0 Å². The molecule has 0 fully saturated rings. The minimum Gasteiger partial charge on any atom is -0.397 e. The van der Waals surface area contributed by atoms with E-state index in [1.165, 1.54) is 6.92 Å². The standard InChI is InChI=1S/C9H6ClF3N2/c1-4-7(10)6(9(11,12)13)2-5(3-14)8(4)15/h2H,15H2,1H3. The number of anilines is 1. The molecule has 0 radical (unpaired) electrons. The zero-order valence-corrected chi connectivity index (χ0v) is 8.37. The van der Waals surface area contributed by atoms with Gasteiger partial charge >= 0.3 is 6.18 Å². The second-order valence-electron chi connectivity index (χ2n) is 2.93. The number of benzene rings is 1. The Hall–Kier alpha value is -1.41. The summed E-state index contributed by atoms with van der Waals surface area (Å²) in [7, 11) is 0. The largest absolute Gasteiger partial charge is 0.417 e. The SMILES string of the molecule is Cc1c(N)c(C#N)cc(C(F)(F)F)c1Cl. The molecule has 15 heavy (non-hydrogen) atoms. The number of nitrogens with zero attached hydrogens (tertiary/aromatic N) is 1. The van der Waals surface area contributed by atoms with E-state index in [-0.39, 0.29) is 16.8 Å². The zero-order valence-electron chi connectivity index (χ0n) is 7.61. The summed E-state index contributed by atoms with van der Waals surface area (Å²) in [6, 6.07) is 2.25. The van der Waals surface area contributed by atoms with Crippen LogP contribution in [0.1, 0.15) is 16.7 Å². The maximum Gasteiger partial charge on any atom is 0.417 e. The third-order valence-electron chi connectivity index (χ3n) is 1.97. The number of rotatable bonds is 0. The van der Waals surface area contributed by atoms with Crippen LogP contribution in [0.4, 0.5) is 18.9 Å². The maximum absolute atomic E-state index is 12.4. The molecule has 0 atom stereocenters. The molecule has 6 heteroatoms. The zero-order chi connectivity index (χ0) is 11.8. The van der Waals surface area contributed by atoms with Crippen molar-refractivity contribution in [3.8, 4) is 6.07 Å². The lowest BCUT2D eigenvalue weighted by Crippen LogP contribution is -2.09. The van der Waals surface area contributed by atoms with Crippen LogP contribution in [0.15, 0.2) is 6.07 Å². The van der Waals surface area contributed by atoms with E-state index in [9.17, 15) is 13.2 Å². The molecule has 1 aromatic carbocycles. The number of hydrogen-bond acceptors (Lipinski definition) is 2. The molecule has 0 amide bonds. The Kier molecular flexibility index (Phi) is 2.82. The average molecular weight is 235 g/mol. The quantitative estimate of drug-likeness (QED) is 0.701. The maximum atomic E-state index is 12.4. The summed E-state index contributed by atoms with van der Waals surface area (Å²) >= 11 is 5.50. The van der Waals surface area contributed by atoms with Gasteiger partial charge in [-0.3, -0.25) is 0 Å². The molecule has 0 spiro atoms. The predicted octanol–water partition coefficient (Wildman–Crippen LogP) is 3.12. The van der Waals surface area contributed by atoms with Crippen LogP contribution in [0.2, 0.25) is 5.02 Å². The lowest BCUT2D eigenvalue weighted by atomic mass is 10.0. The topological polar surface area (TPSA) is 49.8 Å². The molecule has 0 heterocycles. The van der Waals surface area contributed by atoms with Crippen molar-refractivity contribution < 1.29 is 13.2 Å². The molecule has 0 aromatic heterocycles. The molecule has 0 unspecified atom stereocenters. The van der Waals surface area contributed by atoms with Gasteiger partial charge in [0.2, 0.25) is 0 Å². The van der Waals surface area contributed by atoms with Gasteiger partial charge in [-0.1, -0.05) is 11.6 Å². The Morgan fingerprint density at radius 3 is 2.40 bits per heavy atom. The summed E-state index contributed by atoms with van der Waals surface area (Å²) in [6.07, 6.45) is -4.58. The van der Waals surface area contributed by atoms with Gasteiger partial charge in [-0.2, -0.15) is 18.4 Å². The van der Waals surface area contributed by atoms with E-state index < -0.39 is 16.8 Å². The molecular formula is C9H6ClF3N2. The van der Waals surface area contributed by atoms with E-state index >= 15 is 0 Å². The number of halogens is 4. The summed E-state index contributed by atoms with van der Waals surface area (Å²) in [6.45, 7) is 1.34. The second-order valence-corrected chi connectivity index (χ2v) is 3.31. The van der Waals surface area contributed by atoms with Crippen molar-refractivity contribution in [2.24, 2.45) is 0 Å². The summed E-state index contributed by atoms with van der Waals surface area (Å²) in [4.78, 5) is 0. The van der Waals surface area contributed by atoms with Crippen LogP contribution in [0.25, 0.3) is 0 Å². The Morgan fingerprint density at radius 1 is 1.47 bits per heavy atom. The van der Waals surface area contributed by atoms with Crippen molar-refractivity contribution in [1.29, 1.82) is 5.26 Å². The predicted molar refractivity (Wildman–Crippen MR) is 50.3 cm³/mol. The molecular weight excluding hydrogens is 229 g/mol. The van der Waals surface area contributed by atoms with Crippen LogP contribution in [0, 0.1) is 18.3 Å². The van der Waals surface area contributed by atoms with E-state index in [0.717, 1.165) is 0 Å². The Labute approximate surface area is 89.1 Å². The van der Waals surface area contributed by atoms with Gasteiger partial charge in [0.15, 0.2) is 0 Å². The van der Waals surface area contributed by atoms with Gasteiger partial charge in [0, 0.05) is 0 Å². The van der Waals surface area contributed by atoms with Crippen LogP contribution in [-0.4, -0.2) is 0 Å². The first kappa shape index (κ1) is 11.7. The van der Waals surface area contributed by atoms with Crippen LogP contribution in [-0.2, 0) is 6.18 Å². The van der Waals surface area contributed by atoms with E-state index in [0.29, 0.717) is 6.07 Å². The molecule has 2 nitrogen and oxygen atoms in total. The first-order chi connectivity index (χ1) is 6.79. The van der Waals surface area contributed by atoms with Gasteiger partial charge < -0.3 is 5.73 Å². The van der Waals surface area contributed by atoms with E-state index in [1.807, 2.05) is 0 Å². The van der Waals surface area contributed by atoms with Gasteiger partial charge in [0.25, 0.3) is 0 Å². The summed E-state index contributed by atoms with van der Waals surface area (Å²) in [5, 5.41) is 8.12. The lowest BCUT2D eigenvalue weighted by Gasteiger charge is -2.13. The summed E-state index contributed by atoms with van der Waals surface area (Å²) in [5.74, 6) is 0. The number of nitrogen functional groups attached to an aromatic ring is 1. The minimum atomic E-state index is -4.58. The van der Waals surface area contributed by atoms with Crippen molar-refractivity contribution in [2.75, 3.05) is 5.73 Å². The van der Waals surface area contributed by atoms with E-state index in [1.54, 1.807) is 6.07 Å². The Balaban J connectivity index is 3.58. The van der Waals surface area contributed by atoms with Crippen molar-refractivity contribution >= 4 is 17.3 Å². The first-order valence-electron chi connectivity index (χ1n) is 3.85. The van der Waals surface area contributed by atoms with Crippen LogP contribution in [0.3, 0.4) is 0 Å². The molecule has 0 aliphatic carbocycles. The third-order valence-corrected chi connectivity index (χ3v) is 2.46. The normalized spacial score (nSPS) is 11.2. The van der Waals surface area contributed by atoms with Gasteiger partial charge in [-0.15, -0.1) is 0 Å². The minimum absolute atomic E-state index is 0.0181. The van der Waals surface area contributed by atoms with Crippen molar-refractivity contribution in [1.82, 2.24) is 0 Å². The van der Waals surface area contributed by atoms with Crippen LogP contribution in [0.5, 0.6) is 0 Å². The van der Waals surface area contributed by atoms with Gasteiger partial charge in [0.1, 0.15) is 6.07 Å². The van der Waals surface area contributed by atoms with Gasteiger partial charge in [-0.05, 0) is 18.6 Å². The molecule has 0 aliphatic rings. The number of alkyl halides is 3. The van der Waals surface area contributed by atoms with Crippen molar-refractivity contribution in [3.63, 3.8) is 0 Å². The number of nitrogens with two attached hydrogens (primary N) is 1. The monoisotopic (exact) mass is 234 g/mol. The molecule has 1 rings (SSSR count). The average Bonchev–Trinajstić information content (AvgIpc) is 2.13. The van der Waals surface area contributed by atoms with Crippen molar-refractivity contribution in [3.05, 3.63) is 27.8 Å². The molecule has 0 aliphatic heterocycles. The highest BCUT2D eigenvalue weighted by molar-refractivity contribution is 6.32. The van der Waals surface area contributed by atoms with Crippen LogP contribution >= 0.6 is 11.6 Å². The van der Waals surface area contributed by atoms with Crippen LogP contribution < -0.4 is 5.73 Å². The summed E-state index contributed by atoms with van der Waals surface area (Å²) < 4.78 is 37.3. The fourth-order valence-corrected chi connectivity index (χ4v) is 1.37. The highest BCUT2D eigenvalue weighted by Gasteiger charge is 2.35.